The molecule has 1 saturated heterocycles. The van der Waals surface area contributed by atoms with E-state index in [9.17, 15) is 0 Å². The van der Waals surface area contributed by atoms with Gasteiger partial charge in [-0.05, 0) is 44.0 Å². The van der Waals surface area contributed by atoms with E-state index in [1.54, 1.807) is 0 Å². The first-order valence-corrected chi connectivity index (χ1v) is 6.88. The minimum absolute atomic E-state index is 0.366. The maximum atomic E-state index is 6.38. The van der Waals surface area contributed by atoms with Gasteiger partial charge in [-0.25, -0.2) is 0 Å². The lowest BCUT2D eigenvalue weighted by Gasteiger charge is -2.21. The zero-order valence-corrected chi connectivity index (χ0v) is 11.4. The van der Waals surface area contributed by atoms with Crippen molar-refractivity contribution in [1.82, 2.24) is 5.32 Å². The monoisotopic (exact) mass is 252 g/mol. The normalized spacial score (nSPS) is 17.5. The van der Waals surface area contributed by atoms with Gasteiger partial charge in [0.2, 0.25) is 0 Å². The molecule has 2 rings (SSSR count). The molecular weight excluding hydrogens is 232 g/mol. The van der Waals surface area contributed by atoms with Crippen LogP contribution in [-0.4, -0.2) is 19.6 Å². The Morgan fingerprint density at radius 3 is 2.65 bits per heavy atom. The summed E-state index contributed by atoms with van der Waals surface area (Å²) in [6.45, 7) is 7.55. The molecule has 1 aliphatic rings. The number of rotatable bonds is 4. The highest BCUT2D eigenvalue weighted by molar-refractivity contribution is 6.33. The number of hydrogen-bond donors (Lipinski definition) is 1. The molecule has 2 nitrogen and oxygen atoms in total. The first-order chi connectivity index (χ1) is 8.22. The number of halogens is 1. The van der Waals surface area contributed by atoms with Gasteiger partial charge >= 0.3 is 0 Å². The highest BCUT2D eigenvalue weighted by atomic mass is 35.5. The lowest BCUT2D eigenvalue weighted by molar-refractivity contribution is 0.598. The summed E-state index contributed by atoms with van der Waals surface area (Å²) in [7, 11) is 0. The zero-order chi connectivity index (χ0) is 12.3. The van der Waals surface area contributed by atoms with Crippen molar-refractivity contribution in [3.63, 3.8) is 0 Å². The molecule has 1 N–H and O–H groups in total. The van der Waals surface area contributed by atoms with Gasteiger partial charge in [0.05, 0.1) is 10.7 Å². The van der Waals surface area contributed by atoms with E-state index in [0.29, 0.717) is 6.04 Å². The van der Waals surface area contributed by atoms with Crippen molar-refractivity contribution in [2.45, 2.75) is 32.7 Å². The summed E-state index contributed by atoms with van der Waals surface area (Å²) in [5, 5.41) is 4.29. The maximum Gasteiger partial charge on any atom is 0.0642 e. The van der Waals surface area contributed by atoms with Crippen LogP contribution in [0.15, 0.2) is 18.2 Å². The van der Waals surface area contributed by atoms with Gasteiger partial charge in [-0.3, -0.25) is 0 Å². The summed E-state index contributed by atoms with van der Waals surface area (Å²) < 4.78 is 0. The lowest BCUT2D eigenvalue weighted by atomic mass is 10.1. The standard InChI is InChI=1S/C14H21ClN2/c1-3-16-11(2)12-6-7-14(13(15)10-12)17-8-4-5-9-17/h6-7,10-11,16H,3-5,8-9H2,1-2H3. The van der Waals surface area contributed by atoms with E-state index in [1.807, 2.05) is 0 Å². The number of nitrogens with one attached hydrogen (secondary N) is 1. The molecule has 0 spiro atoms. The topological polar surface area (TPSA) is 15.3 Å². The third kappa shape index (κ3) is 2.93. The van der Waals surface area contributed by atoms with Crippen molar-refractivity contribution in [3.8, 4) is 0 Å². The first-order valence-electron chi connectivity index (χ1n) is 6.50. The lowest BCUT2D eigenvalue weighted by Crippen LogP contribution is -2.20. The summed E-state index contributed by atoms with van der Waals surface area (Å²) >= 11 is 6.38. The number of hydrogen-bond acceptors (Lipinski definition) is 2. The van der Waals surface area contributed by atoms with Gasteiger partial charge in [-0.1, -0.05) is 24.6 Å². The minimum atomic E-state index is 0.366. The summed E-state index contributed by atoms with van der Waals surface area (Å²) in [5.74, 6) is 0. The molecule has 1 aromatic rings. The molecular formula is C14H21ClN2. The molecule has 17 heavy (non-hydrogen) atoms. The molecule has 1 unspecified atom stereocenters. The van der Waals surface area contributed by atoms with Crippen molar-refractivity contribution >= 4 is 17.3 Å². The van der Waals surface area contributed by atoms with Crippen LogP contribution in [-0.2, 0) is 0 Å². The van der Waals surface area contributed by atoms with Crippen molar-refractivity contribution in [2.75, 3.05) is 24.5 Å². The molecule has 0 saturated carbocycles. The summed E-state index contributed by atoms with van der Waals surface area (Å²) in [5.41, 5.74) is 2.46. The van der Waals surface area contributed by atoms with Crippen molar-refractivity contribution in [3.05, 3.63) is 28.8 Å². The van der Waals surface area contributed by atoms with Crippen LogP contribution < -0.4 is 10.2 Å². The Kier molecular flexibility index (Phi) is 4.30. The second-order valence-electron chi connectivity index (χ2n) is 4.68. The smallest absolute Gasteiger partial charge is 0.0642 e. The van der Waals surface area contributed by atoms with Gasteiger partial charge in [-0.2, -0.15) is 0 Å². The number of nitrogens with zero attached hydrogens (tertiary/aromatic N) is 1. The predicted molar refractivity (Wildman–Crippen MR) is 75.0 cm³/mol. The minimum Gasteiger partial charge on any atom is -0.370 e. The molecule has 0 bridgehead atoms. The van der Waals surface area contributed by atoms with Crippen LogP contribution in [0.3, 0.4) is 0 Å². The molecule has 1 heterocycles. The molecule has 0 amide bonds. The van der Waals surface area contributed by atoms with Crippen LogP contribution in [0.5, 0.6) is 0 Å². The maximum absolute atomic E-state index is 6.38. The Labute approximate surface area is 109 Å². The molecule has 1 fully saturated rings. The van der Waals surface area contributed by atoms with Crippen LogP contribution in [0, 0.1) is 0 Å². The summed E-state index contributed by atoms with van der Waals surface area (Å²) in [6, 6.07) is 6.82. The van der Waals surface area contributed by atoms with Crippen LogP contribution >= 0.6 is 11.6 Å². The fourth-order valence-electron chi connectivity index (χ4n) is 2.43. The van der Waals surface area contributed by atoms with E-state index >= 15 is 0 Å². The van der Waals surface area contributed by atoms with Crippen molar-refractivity contribution in [2.24, 2.45) is 0 Å². The molecule has 1 aliphatic heterocycles. The first kappa shape index (κ1) is 12.7. The van der Waals surface area contributed by atoms with E-state index in [0.717, 1.165) is 24.7 Å². The third-order valence-electron chi connectivity index (χ3n) is 3.43. The molecule has 1 atom stereocenters. The largest absolute Gasteiger partial charge is 0.370 e. The highest BCUT2D eigenvalue weighted by Crippen LogP contribution is 2.31. The quantitative estimate of drug-likeness (QED) is 0.881. The van der Waals surface area contributed by atoms with Crippen molar-refractivity contribution < 1.29 is 0 Å². The van der Waals surface area contributed by atoms with E-state index in [1.165, 1.54) is 24.1 Å². The molecule has 0 aliphatic carbocycles. The number of benzene rings is 1. The van der Waals surface area contributed by atoms with Crippen molar-refractivity contribution in [1.29, 1.82) is 0 Å². The highest BCUT2D eigenvalue weighted by Gasteiger charge is 2.16. The second-order valence-corrected chi connectivity index (χ2v) is 5.09. The Morgan fingerprint density at radius 2 is 2.06 bits per heavy atom. The van der Waals surface area contributed by atoms with E-state index in [2.05, 4.69) is 42.3 Å². The SMILES string of the molecule is CCNC(C)c1ccc(N2CCCC2)c(Cl)c1. The molecule has 0 aromatic heterocycles. The van der Waals surface area contributed by atoms with E-state index < -0.39 is 0 Å². The van der Waals surface area contributed by atoms with Crippen LogP contribution in [0.4, 0.5) is 5.69 Å². The third-order valence-corrected chi connectivity index (χ3v) is 3.73. The van der Waals surface area contributed by atoms with Crippen LogP contribution in [0.1, 0.15) is 38.3 Å². The van der Waals surface area contributed by atoms with Gasteiger partial charge in [0.15, 0.2) is 0 Å². The number of anilines is 1. The Balaban J connectivity index is 2.16. The van der Waals surface area contributed by atoms with Gasteiger partial charge < -0.3 is 10.2 Å². The Hall–Kier alpha value is -0.730. The molecule has 94 valence electrons. The summed E-state index contributed by atoms with van der Waals surface area (Å²) in [4.78, 5) is 2.38. The zero-order valence-electron chi connectivity index (χ0n) is 10.7. The Bertz CT molecular complexity index is 372. The average molecular weight is 253 g/mol. The fraction of sp³-hybridized carbons (Fsp3) is 0.571. The second kappa shape index (κ2) is 5.74. The molecule has 1 aromatic carbocycles. The molecule has 0 radical (unpaired) electrons. The average Bonchev–Trinajstić information content (AvgIpc) is 2.82. The van der Waals surface area contributed by atoms with Crippen LogP contribution in [0.25, 0.3) is 0 Å². The van der Waals surface area contributed by atoms with E-state index in [-0.39, 0.29) is 0 Å². The van der Waals surface area contributed by atoms with E-state index in [4.69, 9.17) is 11.6 Å². The Morgan fingerprint density at radius 1 is 1.35 bits per heavy atom. The predicted octanol–water partition coefficient (Wildman–Crippen LogP) is 3.61. The van der Waals surface area contributed by atoms with Gasteiger partial charge in [0, 0.05) is 19.1 Å². The van der Waals surface area contributed by atoms with Gasteiger partial charge in [0.1, 0.15) is 0 Å². The summed E-state index contributed by atoms with van der Waals surface area (Å²) in [6.07, 6.45) is 2.57. The molecule has 3 heteroatoms. The fourth-order valence-corrected chi connectivity index (χ4v) is 2.74. The van der Waals surface area contributed by atoms with Gasteiger partial charge in [-0.15, -0.1) is 0 Å². The van der Waals surface area contributed by atoms with Crippen LogP contribution in [0.2, 0.25) is 5.02 Å². The van der Waals surface area contributed by atoms with Gasteiger partial charge in [0.25, 0.3) is 0 Å².